The molecule has 0 saturated heterocycles. The Bertz CT molecular complexity index is 4340. The number of amides is 12. The third kappa shape index (κ3) is 10.4. The molecule has 6 aliphatic heterocycles. The summed E-state index contributed by atoms with van der Waals surface area (Å²) >= 11 is 0. The molecule has 0 aromatic heterocycles. The minimum absolute atomic E-state index is 0.0409. The Balaban J connectivity index is 0.546. The first-order chi connectivity index (χ1) is 44.0. The van der Waals surface area contributed by atoms with Gasteiger partial charge in [-0.15, -0.1) is 0 Å². The highest BCUT2D eigenvalue weighted by Gasteiger charge is 2.44. The molecule has 0 unspecified atom stereocenters. The number of nitrogens with zero attached hydrogens (tertiary/aromatic N) is 6. The molecule has 14 rings (SSSR count). The van der Waals surface area contributed by atoms with Crippen LogP contribution in [0.5, 0.6) is 46.0 Å². The maximum atomic E-state index is 13.8. The molecule has 8 aromatic carbocycles. The quantitative estimate of drug-likeness (QED) is 0.0726. The number of rotatable bonds is 18. The first kappa shape index (κ1) is 56.1. The van der Waals surface area contributed by atoms with Crippen LogP contribution in [0.15, 0.2) is 194 Å². The van der Waals surface area contributed by atoms with E-state index in [4.69, 9.17) is 18.9 Å². The lowest BCUT2D eigenvalue weighted by atomic mass is 10.0. The molecule has 0 radical (unpaired) electrons. The summed E-state index contributed by atoms with van der Waals surface area (Å²) in [7, 11) is 0. The third-order valence-electron chi connectivity index (χ3n) is 15.9. The smallest absolute Gasteiger partial charge is 0.263 e. The van der Waals surface area contributed by atoms with E-state index in [1.54, 1.807) is 72.8 Å². The molecule has 0 saturated carbocycles. The molecule has 0 spiro atoms. The number of carbonyl (C=O) groups excluding carboxylic acids is 12. The Morgan fingerprint density at radius 2 is 0.396 bits per heavy atom. The van der Waals surface area contributed by atoms with Crippen molar-refractivity contribution in [2.75, 3.05) is 20.0 Å². The SMILES string of the molecule is O=C1C=CC(=O)N1CN1C(=O)c2ccc(Oc3ccc(Cc4ccc(Oc5ccc6c(c5)C(=O)N(CN5C(=O)c7ccc(Oc8ccc(Cc9ccc(Oc%10ccc%11c(c%10)C(=O)N(CN%10C(=O)C=CC%10=O)C%11=O)cc9)cc8)cc7C5=O)C6=O)cc4)cc3)cc2C1=O. The molecule has 0 bridgehead atoms. The molecule has 0 N–H and O–H groups in total. The van der Waals surface area contributed by atoms with Gasteiger partial charge in [0.25, 0.3) is 70.9 Å². The van der Waals surface area contributed by atoms with Crippen molar-refractivity contribution in [3.63, 3.8) is 0 Å². The van der Waals surface area contributed by atoms with Gasteiger partial charge < -0.3 is 18.9 Å². The van der Waals surface area contributed by atoms with Gasteiger partial charge in [0.05, 0.1) is 44.5 Å². The number of ether oxygens (including phenoxy) is 4. The number of fused-ring (bicyclic) bond motifs is 4. The summed E-state index contributed by atoms with van der Waals surface area (Å²) in [5.74, 6) is -4.79. The predicted octanol–water partition coefficient (Wildman–Crippen LogP) is 8.84. The van der Waals surface area contributed by atoms with Crippen molar-refractivity contribution in [3.8, 4) is 46.0 Å². The summed E-state index contributed by atoms with van der Waals surface area (Å²) in [5.41, 5.74) is 4.48. The van der Waals surface area contributed by atoms with Gasteiger partial charge in [0, 0.05) is 24.3 Å². The Morgan fingerprint density at radius 1 is 0.209 bits per heavy atom. The number of carbonyl (C=O) groups is 12. The van der Waals surface area contributed by atoms with Crippen LogP contribution in [0.25, 0.3) is 0 Å². The largest absolute Gasteiger partial charge is 0.457 e. The second-order valence-electron chi connectivity index (χ2n) is 21.6. The fourth-order valence-corrected chi connectivity index (χ4v) is 11.1. The lowest BCUT2D eigenvalue weighted by Crippen LogP contribution is -2.43. The second kappa shape index (κ2) is 22.2. The van der Waals surface area contributed by atoms with Crippen LogP contribution in [0.4, 0.5) is 0 Å². The molecule has 91 heavy (non-hydrogen) atoms. The van der Waals surface area contributed by atoms with E-state index in [0.29, 0.717) is 47.3 Å². The Hall–Kier alpha value is -12.7. The zero-order valence-corrected chi connectivity index (χ0v) is 47.2. The highest BCUT2D eigenvalue weighted by atomic mass is 16.5. The molecule has 22 nitrogen and oxygen atoms in total. The fraction of sp³-hybridized carbons (Fsp3) is 0.0725. The summed E-state index contributed by atoms with van der Waals surface area (Å²) in [4.78, 5) is 160. The monoisotopic (exact) mass is 1210 g/mol. The summed E-state index contributed by atoms with van der Waals surface area (Å²) in [5, 5.41) is 0. The lowest BCUT2D eigenvalue weighted by Gasteiger charge is -2.20. The maximum Gasteiger partial charge on any atom is 0.263 e. The van der Waals surface area contributed by atoms with Crippen LogP contribution in [0.2, 0.25) is 0 Å². The Kier molecular flexibility index (Phi) is 13.7. The summed E-state index contributed by atoms with van der Waals surface area (Å²) < 4.78 is 24.2. The highest BCUT2D eigenvalue weighted by Crippen LogP contribution is 2.36. The van der Waals surface area contributed by atoms with Crippen LogP contribution in [-0.4, -0.2) is 120 Å². The first-order valence-corrected chi connectivity index (χ1v) is 28.1. The van der Waals surface area contributed by atoms with E-state index in [1.807, 2.05) is 48.5 Å². The third-order valence-corrected chi connectivity index (χ3v) is 15.9. The minimum atomic E-state index is -0.711. The van der Waals surface area contributed by atoms with Gasteiger partial charge in [-0.2, -0.15) is 0 Å². The standard InChI is InChI=1S/C69H42N6O16/c76-58-25-26-59(77)70(58)35-72-62(80)50-21-17-46(31-54(50)66(72)84)88-42-9-1-38(2-10-42)29-40-5-13-44(14-6-40)90-48-19-23-52-56(33-48)68(86)74(64(52)82)37-75-65(83)53-24-20-49(34-57(53)69(75)87)91-45-15-7-41(8-16-45)30-39-3-11-43(12-4-39)89-47-18-22-51-55(32-47)67(85)73(63(51)81)36-71-60(78)27-28-61(71)79/h1-28,31-34H,29-30,35-37H2. The van der Waals surface area contributed by atoms with Crippen molar-refractivity contribution >= 4 is 70.9 Å². The van der Waals surface area contributed by atoms with Crippen molar-refractivity contribution in [3.05, 3.63) is 261 Å². The molecule has 0 atom stereocenters. The van der Waals surface area contributed by atoms with Crippen LogP contribution >= 0.6 is 0 Å². The van der Waals surface area contributed by atoms with Crippen LogP contribution in [-0.2, 0) is 32.0 Å². The number of hydrogen-bond acceptors (Lipinski definition) is 16. The molecule has 8 aromatic rings. The van der Waals surface area contributed by atoms with Gasteiger partial charge in [0.15, 0.2) is 0 Å². The predicted molar refractivity (Wildman–Crippen MR) is 316 cm³/mol. The molecule has 6 heterocycles. The van der Waals surface area contributed by atoms with Crippen LogP contribution in [0.1, 0.15) is 105 Å². The van der Waals surface area contributed by atoms with E-state index in [1.165, 1.54) is 48.5 Å². The number of hydrogen-bond donors (Lipinski definition) is 0. The fourth-order valence-electron chi connectivity index (χ4n) is 11.1. The molecule has 0 aliphatic carbocycles. The molecule has 6 aliphatic rings. The summed E-state index contributed by atoms with van der Waals surface area (Å²) in [6.07, 6.45) is 5.40. The van der Waals surface area contributed by atoms with E-state index in [0.717, 1.165) is 76.0 Å². The van der Waals surface area contributed by atoms with Gasteiger partial charge in [0.1, 0.15) is 66.0 Å². The lowest BCUT2D eigenvalue weighted by molar-refractivity contribution is -0.139. The molecular formula is C69H42N6O16. The summed E-state index contributed by atoms with van der Waals surface area (Å²) in [6, 6.07) is 46.9. The van der Waals surface area contributed by atoms with E-state index in [-0.39, 0.29) is 56.0 Å². The molecule has 22 heteroatoms. The van der Waals surface area contributed by atoms with Gasteiger partial charge in [0.2, 0.25) is 0 Å². The number of benzene rings is 8. The zero-order valence-electron chi connectivity index (χ0n) is 47.2. The van der Waals surface area contributed by atoms with E-state index in [2.05, 4.69) is 0 Å². The van der Waals surface area contributed by atoms with Crippen molar-refractivity contribution in [2.24, 2.45) is 0 Å². The Morgan fingerprint density at radius 3 is 0.615 bits per heavy atom. The van der Waals surface area contributed by atoms with E-state index < -0.39 is 90.9 Å². The average Bonchev–Trinajstić information content (AvgIpc) is 1.65. The topological polar surface area (TPSA) is 261 Å². The minimum Gasteiger partial charge on any atom is -0.457 e. The van der Waals surface area contributed by atoms with Crippen molar-refractivity contribution < 1.29 is 76.5 Å². The zero-order chi connectivity index (χ0) is 62.9. The van der Waals surface area contributed by atoms with Gasteiger partial charge in [-0.1, -0.05) is 48.5 Å². The molecule has 0 fully saturated rings. The van der Waals surface area contributed by atoms with Gasteiger partial charge >= 0.3 is 0 Å². The number of imide groups is 6. The van der Waals surface area contributed by atoms with Crippen LogP contribution in [0, 0.1) is 0 Å². The molecule has 444 valence electrons. The van der Waals surface area contributed by atoms with Crippen LogP contribution in [0.3, 0.4) is 0 Å². The second-order valence-corrected chi connectivity index (χ2v) is 21.6. The van der Waals surface area contributed by atoms with Crippen LogP contribution < -0.4 is 18.9 Å². The normalized spacial score (nSPS) is 15.5. The first-order valence-electron chi connectivity index (χ1n) is 28.1. The highest BCUT2D eigenvalue weighted by molar-refractivity contribution is 6.25. The van der Waals surface area contributed by atoms with Crippen molar-refractivity contribution in [1.29, 1.82) is 0 Å². The molecular weight excluding hydrogens is 1170 g/mol. The van der Waals surface area contributed by atoms with Crippen molar-refractivity contribution in [2.45, 2.75) is 12.8 Å². The van der Waals surface area contributed by atoms with E-state index >= 15 is 0 Å². The summed E-state index contributed by atoms with van der Waals surface area (Å²) in [6.45, 7) is -1.62. The maximum absolute atomic E-state index is 13.8. The average molecular weight is 1210 g/mol. The van der Waals surface area contributed by atoms with Crippen molar-refractivity contribution in [1.82, 2.24) is 29.4 Å². The van der Waals surface area contributed by atoms with Gasteiger partial charge in [-0.05, 0) is 156 Å². The van der Waals surface area contributed by atoms with Gasteiger partial charge in [-0.25, -0.2) is 0 Å². The molecule has 12 amide bonds. The Labute approximate surface area is 514 Å². The van der Waals surface area contributed by atoms with Gasteiger partial charge in [-0.3, -0.25) is 86.9 Å². The van der Waals surface area contributed by atoms with E-state index in [9.17, 15) is 57.5 Å².